The molecule has 1 rings (SSSR count). The molecule has 0 nitrogen and oxygen atoms in total. The summed E-state index contributed by atoms with van der Waals surface area (Å²) in [6, 6.07) is 10.3. The number of alkyl halides is 4. The zero-order chi connectivity index (χ0) is 9.61. The number of halogens is 4. The molecule has 0 radical (unpaired) electrons. The fourth-order valence-corrected chi connectivity index (χ4v) is 0.534. The first kappa shape index (κ1) is 11.5. The number of hydrogen-bond donors (Lipinski definition) is 0. The van der Waals surface area contributed by atoms with Crippen molar-refractivity contribution >= 4 is 15.9 Å². The third-order valence-corrected chi connectivity index (χ3v) is 0.940. The summed E-state index contributed by atoms with van der Waals surface area (Å²) in [5, 5.41) is -4.19. The second kappa shape index (κ2) is 5.19. The van der Waals surface area contributed by atoms with Crippen molar-refractivity contribution in [1.29, 1.82) is 0 Å². The van der Waals surface area contributed by atoms with Gasteiger partial charge in [-0.1, -0.05) is 35.9 Å². The van der Waals surface area contributed by atoms with Crippen LogP contribution in [0.2, 0.25) is 0 Å². The minimum absolute atomic E-state index is 1.32. The highest BCUT2D eigenvalue weighted by molar-refractivity contribution is 9.09. The maximum Gasteiger partial charge on any atom is 0.448 e. The molecule has 0 aliphatic carbocycles. The fourth-order valence-electron chi connectivity index (χ4n) is 0.534. The van der Waals surface area contributed by atoms with Crippen molar-refractivity contribution in [2.45, 2.75) is 12.0 Å². The second-order valence-corrected chi connectivity index (χ2v) is 2.98. The van der Waals surface area contributed by atoms with Gasteiger partial charge >= 0.3 is 5.09 Å². The highest BCUT2D eigenvalue weighted by Crippen LogP contribution is 2.21. The predicted molar refractivity (Wildman–Crippen MR) is 46.2 cm³/mol. The molecule has 1 aromatic rings. The summed E-state index contributed by atoms with van der Waals surface area (Å²) in [5.74, 6) is 0. The van der Waals surface area contributed by atoms with E-state index in [0.717, 1.165) is 0 Å². The van der Waals surface area contributed by atoms with Gasteiger partial charge in [0.2, 0.25) is 0 Å². The van der Waals surface area contributed by atoms with Crippen LogP contribution in [0.1, 0.15) is 5.56 Å². The monoisotopic (exact) mass is 240 g/mol. The molecule has 0 atom stereocenters. The van der Waals surface area contributed by atoms with Gasteiger partial charge in [-0.15, -0.1) is 0 Å². The molecule has 68 valence electrons. The van der Waals surface area contributed by atoms with Crippen molar-refractivity contribution in [1.82, 2.24) is 0 Å². The van der Waals surface area contributed by atoms with Crippen LogP contribution in [0.25, 0.3) is 0 Å². The lowest BCUT2D eigenvalue weighted by Crippen LogP contribution is -1.88. The van der Waals surface area contributed by atoms with Crippen LogP contribution in [0.5, 0.6) is 0 Å². The number of benzene rings is 1. The summed E-state index contributed by atoms with van der Waals surface area (Å²) >= 11 is 1.38. The van der Waals surface area contributed by atoms with Crippen LogP contribution in [-0.4, -0.2) is 5.09 Å². The van der Waals surface area contributed by atoms with Gasteiger partial charge in [0.05, 0.1) is 0 Å². The lowest BCUT2D eigenvalue weighted by atomic mass is 10.2. The van der Waals surface area contributed by atoms with E-state index in [4.69, 9.17) is 0 Å². The summed E-state index contributed by atoms with van der Waals surface area (Å²) in [5.41, 5.74) is 1.32. The van der Waals surface area contributed by atoms with E-state index in [1.54, 1.807) is 0 Å². The summed E-state index contributed by atoms with van der Waals surface area (Å²) in [6.07, 6.45) is 0. The summed E-state index contributed by atoms with van der Waals surface area (Å²) < 4.78 is 30.8. The normalized spacial score (nSPS) is 10.1. The molecule has 0 aliphatic heterocycles. The molecule has 0 bridgehead atoms. The van der Waals surface area contributed by atoms with Gasteiger partial charge in [-0.2, -0.15) is 13.2 Å². The molecule has 0 aliphatic rings. The van der Waals surface area contributed by atoms with Gasteiger partial charge in [-0.3, -0.25) is 0 Å². The van der Waals surface area contributed by atoms with Crippen LogP contribution in [0.15, 0.2) is 30.3 Å². The van der Waals surface area contributed by atoms with Gasteiger partial charge < -0.3 is 0 Å². The smallest absolute Gasteiger partial charge is 0.160 e. The van der Waals surface area contributed by atoms with E-state index in [1.807, 2.05) is 18.2 Å². The van der Waals surface area contributed by atoms with Crippen molar-refractivity contribution in [3.8, 4) is 0 Å². The van der Waals surface area contributed by atoms with E-state index in [2.05, 4.69) is 19.1 Å². The lowest BCUT2D eigenvalue weighted by Gasteiger charge is -1.85. The Bertz CT molecular complexity index is 199. The Labute approximate surface area is 77.5 Å². The van der Waals surface area contributed by atoms with Crippen molar-refractivity contribution in [3.05, 3.63) is 35.9 Å². The maximum atomic E-state index is 10.3. The Balaban J connectivity index is 0.000000217. The Morgan fingerprint density at radius 1 is 1.08 bits per heavy atom. The topological polar surface area (TPSA) is 0 Å². The minimum Gasteiger partial charge on any atom is -0.160 e. The van der Waals surface area contributed by atoms with Crippen LogP contribution in [0.3, 0.4) is 0 Å². The Hall–Kier alpha value is -0.510. The molecule has 0 amide bonds. The summed E-state index contributed by atoms with van der Waals surface area (Å²) in [4.78, 5) is 0. The highest BCUT2D eigenvalue weighted by atomic mass is 79.9. The van der Waals surface area contributed by atoms with Gasteiger partial charge in [-0.25, -0.2) is 0 Å². The molecule has 0 fully saturated rings. The largest absolute Gasteiger partial charge is 0.448 e. The summed E-state index contributed by atoms with van der Waals surface area (Å²) in [7, 11) is 0. The van der Waals surface area contributed by atoms with Gasteiger partial charge in [0.1, 0.15) is 0 Å². The number of rotatable bonds is 0. The van der Waals surface area contributed by atoms with Gasteiger partial charge in [0, 0.05) is 15.9 Å². The van der Waals surface area contributed by atoms with E-state index in [-0.39, 0.29) is 0 Å². The SMILES string of the molecule is Cc1ccccc1.FC(F)(F)Br. The standard InChI is InChI=1S/C7H8.CBrF3/c1-7-5-3-2-4-6-7;2-1(3,4)5/h2-6H,1H3;. The second-order valence-electron chi connectivity index (χ2n) is 2.08. The first-order chi connectivity index (χ1) is 5.39. The number of aryl methyl sites for hydroxylation is 1. The fraction of sp³-hybridized carbons (Fsp3) is 0.250. The van der Waals surface area contributed by atoms with Gasteiger partial charge in [-0.05, 0) is 6.92 Å². The average molecular weight is 241 g/mol. The maximum absolute atomic E-state index is 10.3. The molecule has 0 N–H and O–H groups in total. The van der Waals surface area contributed by atoms with Crippen LogP contribution in [0.4, 0.5) is 13.2 Å². The summed E-state index contributed by atoms with van der Waals surface area (Å²) in [6.45, 7) is 2.08. The van der Waals surface area contributed by atoms with Gasteiger partial charge in [0.15, 0.2) is 0 Å². The molecule has 1 aromatic carbocycles. The zero-order valence-corrected chi connectivity index (χ0v) is 7.98. The number of hydrogen-bond acceptors (Lipinski definition) is 0. The molecule has 0 spiro atoms. The average Bonchev–Trinajstić information content (AvgIpc) is 1.85. The quantitative estimate of drug-likeness (QED) is 0.604. The van der Waals surface area contributed by atoms with Crippen LogP contribution >= 0.6 is 15.9 Å². The van der Waals surface area contributed by atoms with E-state index in [1.165, 1.54) is 21.5 Å². The molecule has 0 saturated carbocycles. The molecule has 0 heterocycles. The molecule has 12 heavy (non-hydrogen) atoms. The van der Waals surface area contributed by atoms with Gasteiger partial charge in [0.25, 0.3) is 0 Å². The third-order valence-electron chi connectivity index (χ3n) is 0.940. The molecule has 0 saturated heterocycles. The van der Waals surface area contributed by atoms with Crippen LogP contribution < -0.4 is 0 Å². The highest BCUT2D eigenvalue weighted by Gasteiger charge is 2.19. The first-order valence-electron chi connectivity index (χ1n) is 3.17. The van der Waals surface area contributed by atoms with Crippen molar-refractivity contribution < 1.29 is 13.2 Å². The van der Waals surface area contributed by atoms with E-state index < -0.39 is 5.09 Å². The molecule has 0 unspecified atom stereocenters. The molecular weight excluding hydrogens is 233 g/mol. The molecular formula is C8H8BrF3. The molecule has 0 aromatic heterocycles. The predicted octanol–water partition coefficient (Wildman–Crippen LogP) is 3.90. The van der Waals surface area contributed by atoms with Crippen LogP contribution in [-0.2, 0) is 0 Å². The van der Waals surface area contributed by atoms with Crippen LogP contribution in [0, 0.1) is 6.92 Å². The van der Waals surface area contributed by atoms with Crippen molar-refractivity contribution in [2.24, 2.45) is 0 Å². The Morgan fingerprint density at radius 2 is 1.42 bits per heavy atom. The molecule has 4 heteroatoms. The minimum atomic E-state index is -4.19. The first-order valence-corrected chi connectivity index (χ1v) is 3.96. The lowest BCUT2D eigenvalue weighted by molar-refractivity contribution is -0.0245. The van der Waals surface area contributed by atoms with E-state index in [0.29, 0.717) is 0 Å². The van der Waals surface area contributed by atoms with Crippen molar-refractivity contribution in [2.75, 3.05) is 0 Å². The van der Waals surface area contributed by atoms with E-state index >= 15 is 0 Å². The Morgan fingerprint density at radius 3 is 1.58 bits per heavy atom. The van der Waals surface area contributed by atoms with E-state index in [9.17, 15) is 13.2 Å². The Kier molecular flexibility index (Phi) is 4.97. The zero-order valence-electron chi connectivity index (χ0n) is 6.40. The third kappa shape index (κ3) is 12.2. The van der Waals surface area contributed by atoms with Crippen molar-refractivity contribution in [3.63, 3.8) is 0 Å².